The molecule has 1 aromatic heterocycles. The highest BCUT2D eigenvalue weighted by atomic mass is 32.1. The number of hydrogen-bond donors (Lipinski definition) is 1. The molecule has 0 spiro atoms. The van der Waals surface area contributed by atoms with Crippen molar-refractivity contribution in [1.29, 1.82) is 0 Å². The van der Waals surface area contributed by atoms with Crippen LogP contribution in [0.2, 0.25) is 0 Å². The Hall–Kier alpha value is -1.70. The van der Waals surface area contributed by atoms with Crippen LogP contribution in [0.4, 0.5) is 0 Å². The fourth-order valence-electron chi connectivity index (χ4n) is 1.41. The van der Waals surface area contributed by atoms with Crippen molar-refractivity contribution >= 4 is 18.2 Å². The maximum Gasteiger partial charge on any atom is 0.334 e. The molecule has 18 heavy (non-hydrogen) atoms. The highest BCUT2D eigenvalue weighted by Gasteiger charge is 2.07. The number of ether oxygens (including phenoxy) is 1. The van der Waals surface area contributed by atoms with Crippen molar-refractivity contribution in [3.63, 3.8) is 0 Å². The molecule has 1 N–H and O–H groups in total. The molecule has 0 fully saturated rings. The van der Waals surface area contributed by atoms with E-state index in [1.807, 2.05) is 0 Å². The fraction of sp³-hybridized carbons (Fsp3) is 0.600. The van der Waals surface area contributed by atoms with Crippen LogP contribution in [0.3, 0.4) is 0 Å². The van der Waals surface area contributed by atoms with E-state index >= 15 is 0 Å². The number of aromatic nitrogens is 3. The van der Waals surface area contributed by atoms with Gasteiger partial charge < -0.3 is 4.74 Å². The molecule has 0 radical (unpaired) electrons. The lowest BCUT2D eigenvalue weighted by Crippen LogP contribution is -2.41. The number of hydrogen-bond acceptors (Lipinski definition) is 5. The first-order valence-electron chi connectivity index (χ1n) is 5.53. The van der Waals surface area contributed by atoms with Crippen molar-refractivity contribution in [3.05, 3.63) is 25.7 Å². The van der Waals surface area contributed by atoms with Crippen LogP contribution in [-0.2, 0) is 23.1 Å². The summed E-state index contributed by atoms with van der Waals surface area (Å²) in [5.41, 5.74) is -1.06. The quantitative estimate of drug-likeness (QED) is 0.600. The van der Waals surface area contributed by atoms with Crippen LogP contribution in [-0.4, -0.2) is 26.7 Å². The van der Waals surface area contributed by atoms with Crippen LogP contribution in [0.5, 0.6) is 0 Å². The van der Waals surface area contributed by atoms with Gasteiger partial charge in [-0.15, -0.1) is 0 Å². The summed E-state index contributed by atoms with van der Waals surface area (Å²) in [4.78, 5) is 36.7. The van der Waals surface area contributed by atoms with Gasteiger partial charge >= 0.3 is 17.3 Å². The number of H-pyrrole nitrogens is 1. The van der Waals surface area contributed by atoms with Crippen LogP contribution in [0.25, 0.3) is 0 Å². The van der Waals surface area contributed by atoms with Gasteiger partial charge in [-0.2, -0.15) is 0 Å². The highest BCUT2D eigenvalue weighted by Crippen LogP contribution is 1.94. The molecule has 7 nitrogen and oxygen atoms in total. The van der Waals surface area contributed by atoms with Crippen molar-refractivity contribution < 1.29 is 9.53 Å². The van der Waals surface area contributed by atoms with E-state index in [9.17, 15) is 14.4 Å². The van der Waals surface area contributed by atoms with Gasteiger partial charge in [-0.25, -0.2) is 14.2 Å². The zero-order valence-electron chi connectivity index (χ0n) is 10.3. The molecule has 100 valence electrons. The molecule has 0 atom stereocenters. The maximum absolute atomic E-state index is 11.7. The van der Waals surface area contributed by atoms with Crippen LogP contribution in [0.15, 0.2) is 9.59 Å². The molecule has 0 aromatic carbocycles. The monoisotopic (exact) mass is 273 g/mol. The van der Waals surface area contributed by atoms with Crippen molar-refractivity contribution in [2.45, 2.75) is 26.3 Å². The molecule has 0 aliphatic rings. The van der Waals surface area contributed by atoms with Gasteiger partial charge in [0.2, 0.25) is 0 Å². The Kier molecular flexibility index (Phi) is 5.02. The lowest BCUT2D eigenvalue weighted by Gasteiger charge is -2.06. The molecule has 0 aliphatic heterocycles. The standard InChI is InChI=1S/C10H15N3O4S/c1-3-17-7(14)5-4-6-13-8(15)11-9(18)12(2)10(13)16/h3-6H2,1-2H3,(H,11,15,18). The first-order chi connectivity index (χ1) is 8.47. The van der Waals surface area contributed by atoms with Crippen molar-refractivity contribution in [2.24, 2.45) is 7.05 Å². The van der Waals surface area contributed by atoms with Gasteiger partial charge in [-0.3, -0.25) is 14.3 Å². The van der Waals surface area contributed by atoms with Gasteiger partial charge in [0.05, 0.1) is 6.61 Å². The summed E-state index contributed by atoms with van der Waals surface area (Å²) >= 11 is 4.80. The highest BCUT2D eigenvalue weighted by molar-refractivity contribution is 7.71. The second-order valence-electron chi connectivity index (χ2n) is 3.64. The number of aromatic amines is 1. The number of carbonyl (C=O) groups excluding carboxylic acids is 1. The second kappa shape index (κ2) is 6.29. The molecule has 0 unspecified atom stereocenters. The average Bonchev–Trinajstić information content (AvgIpc) is 2.31. The van der Waals surface area contributed by atoms with Crippen LogP contribution < -0.4 is 11.4 Å². The van der Waals surface area contributed by atoms with Gasteiger partial charge in [0.1, 0.15) is 0 Å². The number of rotatable bonds is 5. The summed E-state index contributed by atoms with van der Waals surface area (Å²) in [6, 6.07) is 0. The molecule has 1 rings (SSSR count). The van der Waals surface area contributed by atoms with Crippen molar-refractivity contribution in [3.8, 4) is 0 Å². The number of nitrogens with zero attached hydrogens (tertiary/aromatic N) is 2. The lowest BCUT2D eigenvalue weighted by atomic mass is 10.3. The van der Waals surface area contributed by atoms with Gasteiger partial charge in [-0.1, -0.05) is 0 Å². The van der Waals surface area contributed by atoms with E-state index in [1.54, 1.807) is 6.92 Å². The summed E-state index contributed by atoms with van der Waals surface area (Å²) in [5, 5.41) is 0. The normalized spacial score (nSPS) is 10.3. The van der Waals surface area contributed by atoms with E-state index < -0.39 is 11.4 Å². The minimum Gasteiger partial charge on any atom is -0.466 e. The molecule has 0 saturated heterocycles. The first-order valence-corrected chi connectivity index (χ1v) is 5.94. The molecule has 0 saturated carbocycles. The van der Waals surface area contributed by atoms with E-state index in [1.165, 1.54) is 11.6 Å². The van der Waals surface area contributed by atoms with E-state index in [4.69, 9.17) is 17.0 Å². The predicted octanol–water partition coefficient (Wildman–Crippen LogP) is -0.0521. The number of esters is 1. The summed E-state index contributed by atoms with van der Waals surface area (Å²) in [5.74, 6) is -0.341. The smallest absolute Gasteiger partial charge is 0.334 e. The van der Waals surface area contributed by atoms with E-state index in [-0.39, 0.29) is 23.7 Å². The van der Waals surface area contributed by atoms with Crippen LogP contribution in [0.1, 0.15) is 19.8 Å². The van der Waals surface area contributed by atoms with E-state index in [0.717, 1.165) is 4.57 Å². The zero-order valence-corrected chi connectivity index (χ0v) is 11.1. The minimum absolute atomic E-state index is 0.0756. The zero-order chi connectivity index (χ0) is 13.7. The third-order valence-electron chi connectivity index (χ3n) is 2.35. The SMILES string of the molecule is CCOC(=O)CCCn1c(=O)[nH]c(=S)n(C)c1=O. The Balaban J connectivity index is 2.78. The topological polar surface area (TPSA) is 86.1 Å². The Morgan fingerprint density at radius 2 is 2.11 bits per heavy atom. The van der Waals surface area contributed by atoms with Crippen molar-refractivity contribution in [1.82, 2.24) is 14.1 Å². The Bertz CT molecular complexity index is 598. The third-order valence-corrected chi connectivity index (χ3v) is 2.73. The third kappa shape index (κ3) is 3.39. The van der Waals surface area contributed by atoms with Crippen LogP contribution in [0, 0.1) is 4.77 Å². The lowest BCUT2D eigenvalue weighted by molar-refractivity contribution is -0.143. The van der Waals surface area contributed by atoms with E-state index in [0.29, 0.717) is 13.0 Å². The molecule has 0 bridgehead atoms. The van der Waals surface area contributed by atoms with Gasteiger partial charge in [0.15, 0.2) is 4.77 Å². The second-order valence-corrected chi connectivity index (χ2v) is 4.02. The molecule has 8 heteroatoms. The largest absolute Gasteiger partial charge is 0.466 e. The average molecular weight is 273 g/mol. The predicted molar refractivity (Wildman–Crippen MR) is 67.0 cm³/mol. The fourth-order valence-corrected chi connectivity index (χ4v) is 1.57. The molecule has 0 amide bonds. The summed E-state index contributed by atoms with van der Waals surface area (Å²) in [6.07, 6.45) is 0.525. The molecular formula is C10H15N3O4S. The van der Waals surface area contributed by atoms with Crippen molar-refractivity contribution in [2.75, 3.05) is 6.61 Å². The molecule has 1 heterocycles. The summed E-state index contributed by atoms with van der Waals surface area (Å²) < 4.78 is 7.00. The number of nitrogens with one attached hydrogen (secondary N) is 1. The Labute approximate surface area is 108 Å². The Morgan fingerprint density at radius 1 is 1.44 bits per heavy atom. The minimum atomic E-state index is -0.563. The molecular weight excluding hydrogens is 258 g/mol. The van der Waals surface area contributed by atoms with Gasteiger partial charge in [0, 0.05) is 20.0 Å². The molecule has 0 aliphatic carbocycles. The summed E-state index contributed by atoms with van der Waals surface area (Å²) in [7, 11) is 1.47. The Morgan fingerprint density at radius 3 is 2.72 bits per heavy atom. The van der Waals surface area contributed by atoms with Gasteiger partial charge in [-0.05, 0) is 25.6 Å². The number of carbonyl (C=O) groups is 1. The molecule has 1 aromatic rings. The maximum atomic E-state index is 11.7. The first kappa shape index (κ1) is 14.4. The summed E-state index contributed by atoms with van der Waals surface area (Å²) in [6.45, 7) is 2.19. The van der Waals surface area contributed by atoms with E-state index in [2.05, 4.69) is 4.98 Å². The van der Waals surface area contributed by atoms with Crippen LogP contribution >= 0.6 is 12.2 Å². The van der Waals surface area contributed by atoms with Gasteiger partial charge in [0.25, 0.3) is 0 Å².